The molecule has 2 aromatic heterocycles. The van der Waals surface area contributed by atoms with E-state index in [-0.39, 0.29) is 5.78 Å². The summed E-state index contributed by atoms with van der Waals surface area (Å²) >= 11 is 1.42. The maximum absolute atomic E-state index is 12.3. The number of rotatable bonds is 6. The van der Waals surface area contributed by atoms with Gasteiger partial charge in [-0.05, 0) is 17.2 Å². The van der Waals surface area contributed by atoms with Crippen molar-refractivity contribution in [1.29, 1.82) is 0 Å². The third-order valence-electron chi connectivity index (χ3n) is 4.77. The Balaban J connectivity index is 1.95. The van der Waals surface area contributed by atoms with Crippen LogP contribution in [0, 0.1) is 0 Å². The van der Waals surface area contributed by atoms with Crippen LogP contribution in [0.5, 0.6) is 0 Å². The molecule has 0 aliphatic rings. The lowest BCUT2D eigenvalue weighted by atomic mass is 9.98. The number of benzene rings is 2. The first-order valence-corrected chi connectivity index (χ1v) is 10.6. The molecule has 0 saturated carbocycles. The minimum Gasteiger partial charge on any atom is -0.369 e. The standard InChI is InChI=1S/C25H23N3OS/c1-17(29)24-23(26-16-28(2)3)21-15-20(19-12-8-5-9-13-19)22(27-25(21)30-24)14-18-10-6-4-7-11-18/h4-13,15-16H,14H2,1-3H3. The quantitative estimate of drug-likeness (QED) is 0.222. The van der Waals surface area contributed by atoms with Gasteiger partial charge in [-0.15, -0.1) is 11.3 Å². The number of ketones is 1. The summed E-state index contributed by atoms with van der Waals surface area (Å²) in [5.41, 5.74) is 5.08. The summed E-state index contributed by atoms with van der Waals surface area (Å²) in [6.45, 7) is 1.59. The van der Waals surface area contributed by atoms with Crippen LogP contribution in [0.4, 0.5) is 5.69 Å². The van der Waals surface area contributed by atoms with Gasteiger partial charge in [-0.2, -0.15) is 0 Å². The van der Waals surface area contributed by atoms with Gasteiger partial charge in [0.2, 0.25) is 0 Å². The van der Waals surface area contributed by atoms with Gasteiger partial charge in [-0.1, -0.05) is 60.7 Å². The zero-order valence-electron chi connectivity index (χ0n) is 17.3. The van der Waals surface area contributed by atoms with Crippen LogP contribution in [0.25, 0.3) is 21.3 Å². The third kappa shape index (κ3) is 4.16. The fourth-order valence-corrected chi connectivity index (χ4v) is 4.40. The van der Waals surface area contributed by atoms with Crippen molar-refractivity contribution in [3.63, 3.8) is 0 Å². The third-order valence-corrected chi connectivity index (χ3v) is 5.96. The molecule has 30 heavy (non-hydrogen) atoms. The Hall–Kier alpha value is -3.31. The van der Waals surface area contributed by atoms with Gasteiger partial charge in [-0.3, -0.25) is 4.79 Å². The second kappa shape index (κ2) is 8.59. The second-order valence-electron chi connectivity index (χ2n) is 7.41. The average Bonchev–Trinajstić information content (AvgIpc) is 3.11. The van der Waals surface area contributed by atoms with Crippen LogP contribution >= 0.6 is 11.3 Å². The van der Waals surface area contributed by atoms with E-state index in [9.17, 15) is 4.79 Å². The Morgan fingerprint density at radius 1 is 1.07 bits per heavy atom. The number of carbonyl (C=O) groups is 1. The van der Waals surface area contributed by atoms with Crippen molar-refractivity contribution in [2.75, 3.05) is 14.1 Å². The van der Waals surface area contributed by atoms with Crippen LogP contribution in [0.3, 0.4) is 0 Å². The lowest BCUT2D eigenvalue weighted by Crippen LogP contribution is -2.07. The smallest absolute Gasteiger partial charge is 0.172 e. The molecule has 2 aromatic carbocycles. The van der Waals surface area contributed by atoms with E-state index in [1.54, 1.807) is 13.3 Å². The first-order valence-electron chi connectivity index (χ1n) is 9.80. The molecule has 0 fully saturated rings. The van der Waals surface area contributed by atoms with Gasteiger partial charge >= 0.3 is 0 Å². The topological polar surface area (TPSA) is 45.6 Å². The molecule has 0 aliphatic heterocycles. The van der Waals surface area contributed by atoms with E-state index in [1.165, 1.54) is 16.9 Å². The molecule has 0 N–H and O–H groups in total. The van der Waals surface area contributed by atoms with E-state index in [4.69, 9.17) is 4.98 Å². The largest absolute Gasteiger partial charge is 0.369 e. The van der Waals surface area contributed by atoms with E-state index >= 15 is 0 Å². The maximum Gasteiger partial charge on any atom is 0.172 e. The minimum absolute atomic E-state index is 0.00905. The summed E-state index contributed by atoms with van der Waals surface area (Å²) in [4.78, 5) is 25.3. The number of hydrogen-bond donors (Lipinski definition) is 0. The molecule has 5 heteroatoms. The maximum atomic E-state index is 12.3. The van der Waals surface area contributed by atoms with Crippen LogP contribution in [-0.4, -0.2) is 36.1 Å². The van der Waals surface area contributed by atoms with Crippen LogP contribution in [0.15, 0.2) is 71.7 Å². The normalized spacial score (nSPS) is 11.3. The number of pyridine rings is 1. The van der Waals surface area contributed by atoms with E-state index in [2.05, 4.69) is 35.3 Å². The van der Waals surface area contributed by atoms with Crippen LogP contribution in [0.1, 0.15) is 27.9 Å². The molecule has 0 bridgehead atoms. The van der Waals surface area contributed by atoms with Crippen molar-refractivity contribution in [3.8, 4) is 11.1 Å². The van der Waals surface area contributed by atoms with Gasteiger partial charge in [0.1, 0.15) is 4.83 Å². The Morgan fingerprint density at radius 3 is 2.37 bits per heavy atom. The van der Waals surface area contributed by atoms with E-state index in [0.717, 1.165) is 33.5 Å². The van der Waals surface area contributed by atoms with Crippen LogP contribution in [0.2, 0.25) is 0 Å². The van der Waals surface area contributed by atoms with Crippen molar-refractivity contribution >= 4 is 39.4 Å². The number of thiophene rings is 1. The molecule has 0 atom stereocenters. The Bertz CT molecular complexity index is 1210. The molecule has 2 heterocycles. The number of aliphatic imine (C=N–C) groups is 1. The second-order valence-corrected chi connectivity index (χ2v) is 8.41. The highest BCUT2D eigenvalue weighted by molar-refractivity contribution is 7.21. The Labute approximate surface area is 180 Å². The van der Waals surface area contributed by atoms with Crippen molar-refractivity contribution in [2.24, 2.45) is 4.99 Å². The number of hydrogen-bond acceptors (Lipinski definition) is 4. The highest BCUT2D eigenvalue weighted by atomic mass is 32.1. The summed E-state index contributed by atoms with van der Waals surface area (Å²) in [6.07, 6.45) is 2.46. The number of carbonyl (C=O) groups excluding carboxylic acids is 1. The van der Waals surface area contributed by atoms with Crippen molar-refractivity contribution in [3.05, 3.63) is 82.9 Å². The predicted octanol–water partition coefficient (Wildman–Crippen LogP) is 5.98. The molecule has 0 amide bonds. The minimum atomic E-state index is 0.00905. The Morgan fingerprint density at radius 2 is 1.73 bits per heavy atom. The first-order chi connectivity index (χ1) is 14.5. The van der Waals surface area contributed by atoms with E-state index in [1.807, 2.05) is 55.4 Å². The molecular formula is C25H23N3OS. The van der Waals surface area contributed by atoms with Crippen molar-refractivity contribution in [2.45, 2.75) is 13.3 Å². The molecule has 0 unspecified atom stereocenters. The molecule has 0 spiro atoms. The highest BCUT2D eigenvalue weighted by Crippen LogP contribution is 2.40. The van der Waals surface area contributed by atoms with Gasteiger partial charge in [0, 0.05) is 38.4 Å². The average molecular weight is 414 g/mol. The molecular weight excluding hydrogens is 390 g/mol. The van der Waals surface area contributed by atoms with Gasteiger partial charge in [0.25, 0.3) is 0 Å². The van der Waals surface area contributed by atoms with Gasteiger partial charge < -0.3 is 4.90 Å². The molecule has 0 radical (unpaired) electrons. The first kappa shape index (κ1) is 20.0. The molecule has 4 rings (SSSR count). The highest BCUT2D eigenvalue weighted by Gasteiger charge is 2.19. The summed E-state index contributed by atoms with van der Waals surface area (Å²) in [6, 6.07) is 22.7. The number of fused-ring (bicyclic) bond motifs is 1. The molecule has 4 aromatic rings. The molecule has 4 nitrogen and oxygen atoms in total. The number of Topliss-reactive ketones (excluding diaryl/α,β-unsaturated/α-hetero) is 1. The zero-order chi connectivity index (χ0) is 21.1. The fraction of sp³-hybridized carbons (Fsp3) is 0.160. The van der Waals surface area contributed by atoms with Gasteiger partial charge in [0.15, 0.2) is 5.78 Å². The SMILES string of the molecule is CC(=O)c1sc2nc(Cc3ccccc3)c(-c3ccccc3)cc2c1N=CN(C)C. The summed E-state index contributed by atoms with van der Waals surface area (Å²) in [5, 5.41) is 0.916. The summed E-state index contributed by atoms with van der Waals surface area (Å²) in [7, 11) is 3.83. The Kier molecular flexibility index (Phi) is 5.72. The van der Waals surface area contributed by atoms with E-state index < -0.39 is 0 Å². The van der Waals surface area contributed by atoms with E-state index in [0.29, 0.717) is 10.6 Å². The molecule has 0 aliphatic carbocycles. The van der Waals surface area contributed by atoms with Gasteiger partial charge in [0.05, 0.1) is 22.6 Å². The summed E-state index contributed by atoms with van der Waals surface area (Å²) in [5.74, 6) is 0.00905. The molecule has 0 saturated heterocycles. The van der Waals surface area contributed by atoms with Crippen LogP contribution < -0.4 is 0 Å². The summed E-state index contributed by atoms with van der Waals surface area (Å²) < 4.78 is 0. The fourth-order valence-electron chi connectivity index (χ4n) is 3.38. The van der Waals surface area contributed by atoms with Crippen LogP contribution in [-0.2, 0) is 6.42 Å². The zero-order valence-corrected chi connectivity index (χ0v) is 18.1. The lowest BCUT2D eigenvalue weighted by molar-refractivity contribution is 0.102. The number of aromatic nitrogens is 1. The predicted molar refractivity (Wildman–Crippen MR) is 126 cm³/mol. The molecule has 150 valence electrons. The lowest BCUT2D eigenvalue weighted by Gasteiger charge is -2.10. The monoisotopic (exact) mass is 413 g/mol. The van der Waals surface area contributed by atoms with Gasteiger partial charge in [-0.25, -0.2) is 9.98 Å². The van der Waals surface area contributed by atoms with Crippen molar-refractivity contribution < 1.29 is 4.79 Å². The number of nitrogens with zero attached hydrogens (tertiary/aromatic N) is 3. The van der Waals surface area contributed by atoms with Crippen molar-refractivity contribution in [1.82, 2.24) is 9.88 Å².